The third-order valence-corrected chi connectivity index (χ3v) is 3.84. The van der Waals surface area contributed by atoms with Crippen LogP contribution in [0.5, 0.6) is 11.5 Å². The van der Waals surface area contributed by atoms with Gasteiger partial charge in [-0.2, -0.15) is 0 Å². The third kappa shape index (κ3) is 3.19. The van der Waals surface area contributed by atoms with E-state index in [1.165, 1.54) is 0 Å². The van der Waals surface area contributed by atoms with E-state index in [2.05, 4.69) is 15.9 Å². The summed E-state index contributed by atoms with van der Waals surface area (Å²) in [5.74, 6) is 0.321. The first kappa shape index (κ1) is 13.9. The number of rotatable bonds is 4. The molecule has 0 radical (unpaired) electrons. The Balaban J connectivity index is 1.67. The van der Waals surface area contributed by atoms with Crippen LogP contribution >= 0.6 is 15.9 Å². The predicted molar refractivity (Wildman–Crippen MR) is 80.7 cm³/mol. The fourth-order valence-corrected chi connectivity index (χ4v) is 2.45. The van der Waals surface area contributed by atoms with Gasteiger partial charge in [-0.1, -0.05) is 34.1 Å². The molecule has 0 aromatic heterocycles. The Labute approximate surface area is 130 Å². The average molecular weight is 349 g/mol. The molecule has 2 aromatic carbocycles. The molecule has 1 aliphatic rings. The molecule has 1 aliphatic heterocycles. The maximum absolute atomic E-state index is 10.9. The Hall–Kier alpha value is -2.01. The van der Waals surface area contributed by atoms with Gasteiger partial charge in [0.25, 0.3) is 0 Å². The number of hydrogen-bond acceptors (Lipinski definition) is 3. The lowest BCUT2D eigenvalue weighted by Crippen LogP contribution is -2.24. The second-order valence-corrected chi connectivity index (χ2v) is 5.75. The van der Waals surface area contributed by atoms with Crippen molar-refractivity contribution in [3.8, 4) is 11.5 Å². The smallest absolute Gasteiger partial charge is 0.345 e. The van der Waals surface area contributed by atoms with E-state index in [1.54, 1.807) is 6.07 Å². The number of carbonyl (C=O) groups is 1. The monoisotopic (exact) mass is 348 g/mol. The van der Waals surface area contributed by atoms with Gasteiger partial charge in [0.15, 0.2) is 6.10 Å². The molecule has 5 heteroatoms. The van der Waals surface area contributed by atoms with Crippen LogP contribution in [0, 0.1) is 0 Å². The molecule has 21 heavy (non-hydrogen) atoms. The fraction of sp³-hybridized carbons (Fsp3) is 0.188. The zero-order valence-electron chi connectivity index (χ0n) is 11.1. The van der Waals surface area contributed by atoms with Crippen molar-refractivity contribution in [2.75, 3.05) is 0 Å². The molecule has 2 aromatic rings. The number of ether oxygens (including phenoxy) is 2. The van der Waals surface area contributed by atoms with Gasteiger partial charge in [-0.15, -0.1) is 0 Å². The molecule has 1 unspecified atom stereocenters. The molecule has 0 spiro atoms. The highest BCUT2D eigenvalue weighted by molar-refractivity contribution is 9.10. The summed E-state index contributed by atoms with van der Waals surface area (Å²) in [5, 5.41) is 8.97. The lowest BCUT2D eigenvalue weighted by atomic mass is 10.1. The van der Waals surface area contributed by atoms with Crippen molar-refractivity contribution < 1.29 is 19.4 Å². The van der Waals surface area contributed by atoms with E-state index in [4.69, 9.17) is 14.6 Å². The number of carboxylic acids is 1. The van der Waals surface area contributed by atoms with Crippen molar-refractivity contribution in [3.05, 3.63) is 58.1 Å². The van der Waals surface area contributed by atoms with Crippen LogP contribution in [0.4, 0.5) is 0 Å². The van der Waals surface area contributed by atoms with Crippen LogP contribution in [-0.2, 0) is 17.8 Å². The molecule has 4 nitrogen and oxygen atoms in total. The first-order valence-corrected chi connectivity index (χ1v) is 7.31. The summed E-state index contributed by atoms with van der Waals surface area (Å²) in [6, 6.07) is 13.3. The molecule has 1 heterocycles. The van der Waals surface area contributed by atoms with Crippen LogP contribution in [0.2, 0.25) is 0 Å². The summed E-state index contributed by atoms with van der Waals surface area (Å²) in [6.07, 6.45) is -0.390. The zero-order chi connectivity index (χ0) is 14.8. The summed E-state index contributed by atoms with van der Waals surface area (Å²) < 4.78 is 12.1. The Morgan fingerprint density at radius 3 is 2.76 bits per heavy atom. The number of aliphatic carboxylic acids is 1. The molecule has 0 amide bonds. The van der Waals surface area contributed by atoms with E-state index in [1.807, 2.05) is 36.4 Å². The number of fused-ring (bicyclic) bond motifs is 1. The minimum atomic E-state index is -0.941. The normalized spacial score (nSPS) is 16.1. The first-order valence-electron chi connectivity index (χ1n) is 6.51. The second-order valence-electron chi connectivity index (χ2n) is 4.83. The molecular formula is C16H13BrO4. The molecule has 0 saturated heterocycles. The quantitative estimate of drug-likeness (QED) is 0.919. The Morgan fingerprint density at radius 1 is 1.29 bits per heavy atom. The van der Waals surface area contributed by atoms with Crippen LogP contribution in [0.25, 0.3) is 0 Å². The van der Waals surface area contributed by atoms with Gasteiger partial charge < -0.3 is 14.6 Å². The number of hydrogen-bond donors (Lipinski definition) is 1. The first-order chi connectivity index (χ1) is 10.1. The van der Waals surface area contributed by atoms with Gasteiger partial charge in [0.05, 0.1) is 0 Å². The van der Waals surface area contributed by atoms with Crippen LogP contribution in [0.1, 0.15) is 11.1 Å². The fourth-order valence-electron chi connectivity index (χ4n) is 2.18. The Morgan fingerprint density at radius 2 is 2.05 bits per heavy atom. The molecule has 0 saturated carbocycles. The lowest BCUT2D eigenvalue weighted by Gasteiger charge is -2.08. The maximum Gasteiger partial charge on any atom is 0.345 e. The topological polar surface area (TPSA) is 55.8 Å². The highest BCUT2D eigenvalue weighted by Crippen LogP contribution is 2.32. The van der Waals surface area contributed by atoms with Crippen molar-refractivity contribution in [2.24, 2.45) is 0 Å². The van der Waals surface area contributed by atoms with Crippen molar-refractivity contribution in [3.63, 3.8) is 0 Å². The van der Waals surface area contributed by atoms with Gasteiger partial charge >= 0.3 is 5.97 Å². The minimum Gasteiger partial charge on any atom is -0.489 e. The average Bonchev–Trinajstić information content (AvgIpc) is 2.90. The standard InChI is InChI=1S/C16H13BrO4/c17-12-4-1-10(2-5-12)9-20-13-6-3-11-7-15(16(18)19)21-14(11)8-13/h1-6,8,15H,7,9H2,(H,18,19). The summed E-state index contributed by atoms with van der Waals surface area (Å²) in [7, 11) is 0. The number of carboxylic acid groups (broad SMARTS) is 1. The molecule has 1 atom stereocenters. The van der Waals surface area contributed by atoms with Gasteiger partial charge in [-0.05, 0) is 29.3 Å². The van der Waals surface area contributed by atoms with E-state index in [-0.39, 0.29) is 0 Å². The lowest BCUT2D eigenvalue weighted by molar-refractivity contribution is -0.144. The summed E-state index contributed by atoms with van der Waals surface area (Å²) in [4.78, 5) is 10.9. The van der Waals surface area contributed by atoms with Gasteiger partial charge in [0.1, 0.15) is 18.1 Å². The molecule has 108 valence electrons. The van der Waals surface area contributed by atoms with Crippen LogP contribution in [-0.4, -0.2) is 17.2 Å². The van der Waals surface area contributed by atoms with Gasteiger partial charge in [0, 0.05) is 17.0 Å². The summed E-state index contributed by atoms with van der Waals surface area (Å²) in [5.41, 5.74) is 1.96. The van der Waals surface area contributed by atoms with Crippen molar-refractivity contribution in [1.82, 2.24) is 0 Å². The Kier molecular flexibility index (Phi) is 3.84. The highest BCUT2D eigenvalue weighted by atomic mass is 79.9. The summed E-state index contributed by atoms with van der Waals surface area (Å²) in [6.45, 7) is 0.453. The highest BCUT2D eigenvalue weighted by Gasteiger charge is 2.28. The van der Waals surface area contributed by atoms with E-state index >= 15 is 0 Å². The predicted octanol–water partition coefficient (Wildman–Crippen LogP) is 3.42. The maximum atomic E-state index is 10.9. The van der Waals surface area contributed by atoms with E-state index in [9.17, 15) is 4.79 Å². The SMILES string of the molecule is O=C(O)C1Cc2ccc(OCc3ccc(Br)cc3)cc2O1. The molecule has 0 aliphatic carbocycles. The van der Waals surface area contributed by atoms with Crippen LogP contribution in [0.15, 0.2) is 46.9 Å². The van der Waals surface area contributed by atoms with Gasteiger partial charge in [0.2, 0.25) is 0 Å². The zero-order valence-corrected chi connectivity index (χ0v) is 12.7. The van der Waals surface area contributed by atoms with Crippen LogP contribution in [0.3, 0.4) is 0 Å². The van der Waals surface area contributed by atoms with Crippen molar-refractivity contribution in [1.29, 1.82) is 0 Å². The van der Waals surface area contributed by atoms with Crippen LogP contribution < -0.4 is 9.47 Å². The van der Waals surface area contributed by atoms with Gasteiger partial charge in [-0.3, -0.25) is 0 Å². The molecular weight excluding hydrogens is 336 g/mol. The minimum absolute atomic E-state index is 0.400. The molecule has 1 N–H and O–H groups in total. The number of halogens is 1. The van der Waals surface area contributed by atoms with Crippen molar-refractivity contribution in [2.45, 2.75) is 19.1 Å². The third-order valence-electron chi connectivity index (χ3n) is 3.31. The summed E-state index contributed by atoms with van der Waals surface area (Å²) >= 11 is 3.39. The second kappa shape index (κ2) is 5.77. The van der Waals surface area contributed by atoms with Gasteiger partial charge in [-0.25, -0.2) is 4.79 Å². The largest absolute Gasteiger partial charge is 0.489 e. The number of benzene rings is 2. The molecule has 0 bridgehead atoms. The molecule has 3 rings (SSSR count). The van der Waals surface area contributed by atoms with E-state index < -0.39 is 12.1 Å². The van der Waals surface area contributed by atoms with E-state index in [0.29, 0.717) is 24.5 Å². The van der Waals surface area contributed by atoms with Crippen molar-refractivity contribution >= 4 is 21.9 Å². The van der Waals surface area contributed by atoms with E-state index in [0.717, 1.165) is 15.6 Å². The Bertz CT molecular complexity index is 666. The molecule has 0 fully saturated rings.